The minimum Gasteiger partial charge on any atom is -0.394 e. The van der Waals surface area contributed by atoms with Crippen LogP contribution in [-0.4, -0.2) is 48.3 Å². The van der Waals surface area contributed by atoms with E-state index in [1.165, 1.54) is 0 Å². The summed E-state index contributed by atoms with van der Waals surface area (Å²) in [7, 11) is 0. The Morgan fingerprint density at radius 1 is 1.45 bits per heavy atom. The number of aryl methyl sites for hydroxylation is 1. The van der Waals surface area contributed by atoms with E-state index < -0.39 is 0 Å². The molecular weight excluding hydrogens is 278 g/mol. The summed E-state index contributed by atoms with van der Waals surface area (Å²) in [6, 6.07) is 5.37. The zero-order valence-corrected chi connectivity index (χ0v) is 12.4. The second-order valence-corrected chi connectivity index (χ2v) is 5.46. The lowest BCUT2D eigenvalue weighted by atomic mass is 10.1. The van der Waals surface area contributed by atoms with Gasteiger partial charge in [0.2, 0.25) is 0 Å². The third-order valence-corrected chi connectivity index (χ3v) is 4.00. The van der Waals surface area contributed by atoms with Gasteiger partial charge in [-0.05, 0) is 43.5 Å². The van der Waals surface area contributed by atoms with Gasteiger partial charge in [0, 0.05) is 23.7 Å². The monoisotopic (exact) mass is 297 g/mol. The molecule has 0 spiro atoms. The van der Waals surface area contributed by atoms with E-state index in [4.69, 9.17) is 21.4 Å². The summed E-state index contributed by atoms with van der Waals surface area (Å²) in [6.07, 6.45) is 1.79. The maximum absolute atomic E-state index is 12.4. The van der Waals surface area contributed by atoms with E-state index >= 15 is 0 Å². The molecule has 1 aliphatic heterocycles. The summed E-state index contributed by atoms with van der Waals surface area (Å²) in [6.45, 7) is 3.69. The maximum atomic E-state index is 12.4. The topological polar surface area (TPSA) is 49.8 Å². The zero-order valence-electron chi connectivity index (χ0n) is 11.6. The molecule has 1 amide bonds. The van der Waals surface area contributed by atoms with Crippen LogP contribution < -0.4 is 0 Å². The molecule has 0 unspecified atom stereocenters. The number of ether oxygens (including phenoxy) is 1. The number of hydrogen-bond acceptors (Lipinski definition) is 3. The normalized spacial score (nSPS) is 16.4. The van der Waals surface area contributed by atoms with E-state index in [0.29, 0.717) is 30.3 Å². The molecule has 0 aromatic heterocycles. The van der Waals surface area contributed by atoms with Gasteiger partial charge in [0.15, 0.2) is 0 Å². The van der Waals surface area contributed by atoms with Crippen LogP contribution in [0.1, 0.15) is 28.8 Å². The fraction of sp³-hybridized carbons (Fsp3) is 0.533. The van der Waals surface area contributed by atoms with Crippen LogP contribution in [0.25, 0.3) is 0 Å². The number of aliphatic hydroxyl groups is 1. The molecule has 1 aromatic carbocycles. The molecule has 5 heteroatoms. The van der Waals surface area contributed by atoms with Gasteiger partial charge >= 0.3 is 0 Å². The standard InChI is InChI=1S/C15H20ClNO3/c1-11-10-12(2-3-14(11)16)15(19)17-6-4-13(5-7-17)20-9-8-18/h2-3,10,13,18H,4-9H2,1H3. The smallest absolute Gasteiger partial charge is 0.253 e. The molecule has 110 valence electrons. The molecule has 1 heterocycles. The van der Waals surface area contributed by atoms with E-state index in [9.17, 15) is 4.79 Å². The van der Waals surface area contributed by atoms with Crippen molar-refractivity contribution in [2.75, 3.05) is 26.3 Å². The molecule has 2 rings (SSSR count). The third kappa shape index (κ3) is 3.72. The molecule has 0 bridgehead atoms. The van der Waals surface area contributed by atoms with E-state index in [1.54, 1.807) is 12.1 Å². The molecule has 0 saturated carbocycles. The number of halogens is 1. The number of piperidine rings is 1. The number of amides is 1. The van der Waals surface area contributed by atoms with Crippen molar-refractivity contribution in [3.8, 4) is 0 Å². The minimum atomic E-state index is 0.0448. The fourth-order valence-corrected chi connectivity index (χ4v) is 2.52. The largest absolute Gasteiger partial charge is 0.394 e. The minimum absolute atomic E-state index is 0.0448. The predicted octanol–water partition coefficient (Wildman–Crippen LogP) is 2.26. The summed E-state index contributed by atoms with van der Waals surface area (Å²) in [5, 5.41) is 9.41. The van der Waals surface area contributed by atoms with Crippen LogP contribution >= 0.6 is 11.6 Å². The van der Waals surface area contributed by atoms with Crippen molar-refractivity contribution in [2.24, 2.45) is 0 Å². The number of aliphatic hydroxyl groups excluding tert-OH is 1. The first-order chi connectivity index (χ1) is 9.61. The Morgan fingerprint density at radius 3 is 2.75 bits per heavy atom. The summed E-state index contributed by atoms with van der Waals surface area (Å²) in [5.41, 5.74) is 1.60. The highest BCUT2D eigenvalue weighted by molar-refractivity contribution is 6.31. The lowest BCUT2D eigenvalue weighted by Gasteiger charge is -2.32. The van der Waals surface area contributed by atoms with Crippen molar-refractivity contribution in [1.29, 1.82) is 0 Å². The summed E-state index contributed by atoms with van der Waals surface area (Å²) < 4.78 is 5.50. The van der Waals surface area contributed by atoms with Crippen LogP contribution in [0, 0.1) is 6.92 Å². The Bertz CT molecular complexity index is 470. The Labute approximate surface area is 124 Å². The summed E-state index contributed by atoms with van der Waals surface area (Å²) >= 11 is 5.98. The molecule has 1 N–H and O–H groups in total. The van der Waals surface area contributed by atoms with Crippen LogP contribution in [0.4, 0.5) is 0 Å². The number of hydrogen-bond donors (Lipinski definition) is 1. The molecule has 1 saturated heterocycles. The highest BCUT2D eigenvalue weighted by Gasteiger charge is 2.24. The highest BCUT2D eigenvalue weighted by atomic mass is 35.5. The number of benzene rings is 1. The molecule has 0 atom stereocenters. The van der Waals surface area contributed by atoms with Crippen LogP contribution in [0.2, 0.25) is 5.02 Å². The summed E-state index contributed by atoms with van der Waals surface area (Å²) in [4.78, 5) is 14.2. The van der Waals surface area contributed by atoms with Crippen LogP contribution in [0.15, 0.2) is 18.2 Å². The number of nitrogens with zero attached hydrogens (tertiary/aromatic N) is 1. The van der Waals surface area contributed by atoms with Gasteiger partial charge in [-0.2, -0.15) is 0 Å². The Kier molecular flexibility index (Phi) is 5.40. The van der Waals surface area contributed by atoms with Gasteiger partial charge in [-0.15, -0.1) is 0 Å². The van der Waals surface area contributed by atoms with Crippen molar-refractivity contribution >= 4 is 17.5 Å². The molecule has 20 heavy (non-hydrogen) atoms. The number of carbonyl (C=O) groups is 1. The second kappa shape index (κ2) is 7.07. The molecular formula is C15H20ClNO3. The average Bonchev–Trinajstić information content (AvgIpc) is 2.48. The van der Waals surface area contributed by atoms with Crippen molar-refractivity contribution in [1.82, 2.24) is 4.90 Å². The van der Waals surface area contributed by atoms with E-state index in [0.717, 1.165) is 18.4 Å². The lowest BCUT2D eigenvalue weighted by molar-refractivity contribution is -0.00554. The highest BCUT2D eigenvalue weighted by Crippen LogP contribution is 2.20. The van der Waals surface area contributed by atoms with Crippen molar-refractivity contribution in [3.05, 3.63) is 34.3 Å². The van der Waals surface area contributed by atoms with Gasteiger partial charge < -0.3 is 14.7 Å². The number of carbonyl (C=O) groups excluding carboxylic acids is 1. The van der Waals surface area contributed by atoms with Gasteiger partial charge in [-0.3, -0.25) is 4.79 Å². The zero-order chi connectivity index (χ0) is 14.5. The van der Waals surface area contributed by atoms with Gasteiger partial charge in [-0.25, -0.2) is 0 Å². The number of rotatable bonds is 4. The predicted molar refractivity (Wildman–Crippen MR) is 78.2 cm³/mol. The first-order valence-corrected chi connectivity index (χ1v) is 7.27. The van der Waals surface area contributed by atoms with Gasteiger partial charge in [-0.1, -0.05) is 11.6 Å². The third-order valence-electron chi connectivity index (χ3n) is 3.58. The maximum Gasteiger partial charge on any atom is 0.253 e. The van der Waals surface area contributed by atoms with Gasteiger partial charge in [0.25, 0.3) is 5.91 Å². The van der Waals surface area contributed by atoms with Gasteiger partial charge in [0.05, 0.1) is 19.3 Å². The molecule has 1 aromatic rings. The fourth-order valence-electron chi connectivity index (χ4n) is 2.41. The average molecular weight is 298 g/mol. The number of likely N-dealkylation sites (tertiary alicyclic amines) is 1. The second-order valence-electron chi connectivity index (χ2n) is 5.05. The van der Waals surface area contributed by atoms with Crippen LogP contribution in [0.3, 0.4) is 0 Å². The van der Waals surface area contributed by atoms with Gasteiger partial charge in [0.1, 0.15) is 0 Å². The van der Waals surface area contributed by atoms with Crippen molar-refractivity contribution in [2.45, 2.75) is 25.9 Å². The van der Waals surface area contributed by atoms with E-state index in [1.807, 2.05) is 17.9 Å². The lowest BCUT2D eigenvalue weighted by Crippen LogP contribution is -2.41. The molecule has 4 nitrogen and oxygen atoms in total. The van der Waals surface area contributed by atoms with E-state index in [2.05, 4.69) is 0 Å². The van der Waals surface area contributed by atoms with Crippen LogP contribution in [0.5, 0.6) is 0 Å². The van der Waals surface area contributed by atoms with Crippen molar-refractivity contribution in [3.63, 3.8) is 0 Å². The SMILES string of the molecule is Cc1cc(C(=O)N2CCC(OCCO)CC2)ccc1Cl. The summed E-state index contributed by atoms with van der Waals surface area (Å²) in [5.74, 6) is 0.0466. The quantitative estimate of drug-likeness (QED) is 0.927. The molecule has 0 aliphatic carbocycles. The van der Waals surface area contributed by atoms with E-state index in [-0.39, 0.29) is 18.6 Å². The first-order valence-electron chi connectivity index (χ1n) is 6.89. The Hall–Kier alpha value is -1.10. The van der Waals surface area contributed by atoms with Crippen LogP contribution in [-0.2, 0) is 4.74 Å². The molecule has 1 aliphatic rings. The Balaban J connectivity index is 1.92. The molecule has 1 fully saturated rings. The first kappa shape index (κ1) is 15.3. The molecule has 0 radical (unpaired) electrons. The Morgan fingerprint density at radius 2 is 2.15 bits per heavy atom. The van der Waals surface area contributed by atoms with Crippen molar-refractivity contribution < 1.29 is 14.6 Å².